The molecule has 3 heteroatoms. The molecule has 0 spiro atoms. The van der Waals surface area contributed by atoms with Crippen molar-refractivity contribution in [3.8, 4) is 11.5 Å². The van der Waals surface area contributed by atoms with Gasteiger partial charge in [-0.15, -0.1) is 0 Å². The lowest BCUT2D eigenvalue weighted by atomic mass is 10.1. The molecule has 0 aliphatic heterocycles. The standard InChI is InChI=1S/C19H23BrO2/c1-15(2)22-19-11-7-17(8-12-19)14-21-18-9-5-16(6-10-18)4-3-13-20/h5-12,15H,3-4,13-14H2,1-2H3. The van der Waals surface area contributed by atoms with Crippen LogP contribution in [0.25, 0.3) is 0 Å². The van der Waals surface area contributed by atoms with Gasteiger partial charge in [0.1, 0.15) is 18.1 Å². The first-order valence-electron chi connectivity index (χ1n) is 7.70. The first-order chi connectivity index (χ1) is 10.7. The van der Waals surface area contributed by atoms with Gasteiger partial charge in [-0.25, -0.2) is 0 Å². The lowest BCUT2D eigenvalue weighted by Gasteiger charge is -2.11. The molecular weight excluding hydrogens is 340 g/mol. The van der Waals surface area contributed by atoms with Crippen LogP contribution in [0.3, 0.4) is 0 Å². The number of aryl methyl sites for hydroxylation is 1. The highest BCUT2D eigenvalue weighted by molar-refractivity contribution is 9.09. The van der Waals surface area contributed by atoms with Crippen molar-refractivity contribution in [3.63, 3.8) is 0 Å². The lowest BCUT2D eigenvalue weighted by molar-refractivity contribution is 0.242. The molecule has 2 nitrogen and oxygen atoms in total. The van der Waals surface area contributed by atoms with Crippen LogP contribution >= 0.6 is 15.9 Å². The molecule has 0 saturated heterocycles. The average Bonchev–Trinajstić information content (AvgIpc) is 2.53. The summed E-state index contributed by atoms with van der Waals surface area (Å²) in [7, 11) is 0. The Balaban J connectivity index is 1.84. The van der Waals surface area contributed by atoms with E-state index in [-0.39, 0.29) is 6.10 Å². The van der Waals surface area contributed by atoms with Crippen LogP contribution in [0.5, 0.6) is 11.5 Å². The molecule has 0 saturated carbocycles. The van der Waals surface area contributed by atoms with Crippen molar-refractivity contribution in [2.24, 2.45) is 0 Å². The van der Waals surface area contributed by atoms with E-state index < -0.39 is 0 Å². The van der Waals surface area contributed by atoms with Crippen LogP contribution < -0.4 is 9.47 Å². The van der Waals surface area contributed by atoms with Crippen LogP contribution in [-0.2, 0) is 13.0 Å². The topological polar surface area (TPSA) is 18.5 Å². The van der Waals surface area contributed by atoms with Crippen molar-refractivity contribution in [2.45, 2.75) is 39.4 Å². The molecule has 0 aromatic heterocycles. The van der Waals surface area contributed by atoms with Gasteiger partial charge in [-0.3, -0.25) is 0 Å². The van der Waals surface area contributed by atoms with Crippen LogP contribution in [0, 0.1) is 0 Å². The monoisotopic (exact) mass is 362 g/mol. The first-order valence-corrected chi connectivity index (χ1v) is 8.83. The van der Waals surface area contributed by atoms with Crippen LogP contribution in [-0.4, -0.2) is 11.4 Å². The van der Waals surface area contributed by atoms with Crippen molar-refractivity contribution in [1.29, 1.82) is 0 Å². The minimum atomic E-state index is 0.199. The summed E-state index contributed by atoms with van der Waals surface area (Å²) in [6.45, 7) is 4.62. The molecule has 0 atom stereocenters. The van der Waals surface area contributed by atoms with Crippen LogP contribution in [0.1, 0.15) is 31.4 Å². The molecule has 0 amide bonds. The van der Waals surface area contributed by atoms with E-state index in [1.807, 2.05) is 50.2 Å². The van der Waals surface area contributed by atoms with Gasteiger partial charge < -0.3 is 9.47 Å². The fraction of sp³-hybridized carbons (Fsp3) is 0.368. The summed E-state index contributed by atoms with van der Waals surface area (Å²) in [6.07, 6.45) is 2.46. The quantitative estimate of drug-likeness (QED) is 0.586. The number of benzene rings is 2. The minimum absolute atomic E-state index is 0.199. The van der Waals surface area contributed by atoms with Gasteiger partial charge >= 0.3 is 0 Å². The van der Waals surface area contributed by atoms with Gasteiger partial charge in [-0.2, -0.15) is 0 Å². The maximum Gasteiger partial charge on any atom is 0.119 e. The molecule has 22 heavy (non-hydrogen) atoms. The molecule has 0 radical (unpaired) electrons. The lowest BCUT2D eigenvalue weighted by Crippen LogP contribution is -2.05. The highest BCUT2D eigenvalue weighted by atomic mass is 79.9. The van der Waals surface area contributed by atoms with Crippen molar-refractivity contribution in [3.05, 3.63) is 59.7 Å². The third-order valence-electron chi connectivity index (χ3n) is 3.22. The van der Waals surface area contributed by atoms with Gasteiger partial charge in [-0.1, -0.05) is 40.2 Å². The second kappa shape index (κ2) is 8.84. The van der Waals surface area contributed by atoms with E-state index in [0.717, 1.165) is 35.2 Å². The smallest absolute Gasteiger partial charge is 0.119 e. The summed E-state index contributed by atoms with van der Waals surface area (Å²) in [5.41, 5.74) is 2.49. The van der Waals surface area contributed by atoms with E-state index in [2.05, 4.69) is 28.1 Å². The van der Waals surface area contributed by atoms with E-state index >= 15 is 0 Å². The number of rotatable bonds is 8. The van der Waals surface area contributed by atoms with Crippen molar-refractivity contribution >= 4 is 15.9 Å². The molecule has 2 aromatic carbocycles. The Bertz CT molecular complexity index is 547. The molecule has 0 aliphatic rings. The molecule has 118 valence electrons. The van der Waals surface area contributed by atoms with Crippen molar-refractivity contribution in [2.75, 3.05) is 5.33 Å². The van der Waals surface area contributed by atoms with E-state index in [1.54, 1.807) is 0 Å². The predicted molar refractivity (Wildman–Crippen MR) is 95.1 cm³/mol. The Hall–Kier alpha value is -1.48. The zero-order valence-corrected chi connectivity index (χ0v) is 14.8. The molecule has 2 rings (SSSR count). The van der Waals surface area contributed by atoms with Gasteiger partial charge in [0, 0.05) is 5.33 Å². The van der Waals surface area contributed by atoms with Gasteiger partial charge in [-0.05, 0) is 62.1 Å². The number of alkyl halides is 1. The third-order valence-corrected chi connectivity index (χ3v) is 3.78. The molecule has 0 N–H and O–H groups in total. The molecule has 2 aromatic rings. The summed E-state index contributed by atoms with van der Waals surface area (Å²) in [5.74, 6) is 1.81. The van der Waals surface area contributed by atoms with Crippen LogP contribution in [0.15, 0.2) is 48.5 Å². The fourth-order valence-corrected chi connectivity index (χ4v) is 2.41. The Kier molecular flexibility index (Phi) is 6.78. The SMILES string of the molecule is CC(C)Oc1ccc(COc2ccc(CCCBr)cc2)cc1. The fourth-order valence-electron chi connectivity index (χ4n) is 2.13. The van der Waals surface area contributed by atoms with E-state index in [9.17, 15) is 0 Å². The Morgan fingerprint density at radius 3 is 2.05 bits per heavy atom. The predicted octanol–water partition coefficient (Wildman–Crippen LogP) is 5.38. The van der Waals surface area contributed by atoms with Gasteiger partial charge in [0.15, 0.2) is 0 Å². The Labute approximate surface area is 141 Å². The highest BCUT2D eigenvalue weighted by Crippen LogP contribution is 2.17. The first kappa shape index (κ1) is 16.9. The highest BCUT2D eigenvalue weighted by Gasteiger charge is 2.00. The maximum atomic E-state index is 5.82. The van der Waals surface area contributed by atoms with Gasteiger partial charge in [0.25, 0.3) is 0 Å². The zero-order valence-electron chi connectivity index (χ0n) is 13.2. The molecule has 0 aliphatic carbocycles. The molecule has 0 heterocycles. The van der Waals surface area contributed by atoms with Crippen LogP contribution in [0.4, 0.5) is 0 Å². The maximum absolute atomic E-state index is 5.82. The summed E-state index contributed by atoms with van der Waals surface area (Å²) in [5, 5.41) is 1.04. The summed E-state index contributed by atoms with van der Waals surface area (Å²) >= 11 is 3.46. The van der Waals surface area contributed by atoms with Crippen molar-refractivity contribution in [1.82, 2.24) is 0 Å². The number of halogens is 1. The number of hydrogen-bond donors (Lipinski definition) is 0. The second-order valence-electron chi connectivity index (χ2n) is 5.54. The zero-order chi connectivity index (χ0) is 15.8. The van der Waals surface area contributed by atoms with E-state index in [1.165, 1.54) is 5.56 Å². The Morgan fingerprint density at radius 1 is 0.864 bits per heavy atom. The van der Waals surface area contributed by atoms with Gasteiger partial charge in [0.05, 0.1) is 6.10 Å². The molecule has 0 unspecified atom stereocenters. The summed E-state index contributed by atoms with van der Waals surface area (Å²) < 4.78 is 11.5. The van der Waals surface area contributed by atoms with E-state index in [4.69, 9.17) is 9.47 Å². The molecular formula is C19H23BrO2. The summed E-state index contributed by atoms with van der Waals surface area (Å²) in [6, 6.07) is 16.4. The largest absolute Gasteiger partial charge is 0.491 e. The normalized spacial score (nSPS) is 10.7. The Morgan fingerprint density at radius 2 is 1.45 bits per heavy atom. The van der Waals surface area contributed by atoms with Crippen LogP contribution in [0.2, 0.25) is 0 Å². The molecule has 0 bridgehead atoms. The molecule has 0 fully saturated rings. The minimum Gasteiger partial charge on any atom is -0.491 e. The number of hydrogen-bond acceptors (Lipinski definition) is 2. The number of ether oxygens (including phenoxy) is 2. The average molecular weight is 363 g/mol. The van der Waals surface area contributed by atoms with Crippen molar-refractivity contribution < 1.29 is 9.47 Å². The third kappa shape index (κ3) is 5.72. The van der Waals surface area contributed by atoms with Gasteiger partial charge in [0.2, 0.25) is 0 Å². The van der Waals surface area contributed by atoms with E-state index in [0.29, 0.717) is 6.61 Å². The summed E-state index contributed by atoms with van der Waals surface area (Å²) in [4.78, 5) is 0. The second-order valence-corrected chi connectivity index (χ2v) is 6.33.